The minimum atomic E-state index is 0.473. The Morgan fingerprint density at radius 1 is 1.14 bits per heavy atom. The number of para-hydroxylation sites is 1. The van der Waals surface area contributed by atoms with Crippen LogP contribution >= 0.6 is 0 Å². The van der Waals surface area contributed by atoms with Gasteiger partial charge in [-0.2, -0.15) is 0 Å². The highest BCUT2D eigenvalue weighted by Crippen LogP contribution is 2.40. The molecule has 3 rings (SSSR count). The maximum atomic E-state index is 5.96. The summed E-state index contributed by atoms with van der Waals surface area (Å²) in [6, 6.07) is 7.21. The number of rotatable bonds is 4. The van der Waals surface area contributed by atoms with Gasteiger partial charge in [-0.05, 0) is 30.9 Å². The second-order valence-electron chi connectivity index (χ2n) is 6.57. The molecular weight excluding hydrogens is 258 g/mol. The van der Waals surface area contributed by atoms with Gasteiger partial charge in [-0.1, -0.05) is 57.2 Å². The molecule has 2 nitrogen and oxygen atoms in total. The highest BCUT2D eigenvalue weighted by atomic mass is 16.5. The number of hydrogen-bond donors (Lipinski definition) is 1. The lowest BCUT2D eigenvalue weighted by molar-refractivity contribution is 0.281. The zero-order valence-electron chi connectivity index (χ0n) is 13.4. The summed E-state index contributed by atoms with van der Waals surface area (Å²) in [6.45, 7) is 4.11. The van der Waals surface area contributed by atoms with Crippen LogP contribution in [0.25, 0.3) is 0 Å². The summed E-state index contributed by atoms with van der Waals surface area (Å²) >= 11 is 0. The molecule has 1 fully saturated rings. The van der Waals surface area contributed by atoms with E-state index < -0.39 is 0 Å². The second kappa shape index (κ2) is 7.31. The van der Waals surface area contributed by atoms with E-state index in [0.29, 0.717) is 6.04 Å². The van der Waals surface area contributed by atoms with Crippen LogP contribution < -0.4 is 10.1 Å². The number of ether oxygens (including phenoxy) is 1. The van der Waals surface area contributed by atoms with Crippen molar-refractivity contribution in [3.63, 3.8) is 0 Å². The van der Waals surface area contributed by atoms with E-state index in [1.54, 1.807) is 0 Å². The van der Waals surface area contributed by atoms with Gasteiger partial charge in [0.2, 0.25) is 0 Å². The maximum Gasteiger partial charge on any atom is 0.127 e. The van der Waals surface area contributed by atoms with Gasteiger partial charge in [0.05, 0.1) is 6.61 Å². The van der Waals surface area contributed by atoms with E-state index in [2.05, 4.69) is 30.4 Å². The van der Waals surface area contributed by atoms with Crippen molar-refractivity contribution in [1.82, 2.24) is 5.32 Å². The van der Waals surface area contributed by atoms with E-state index in [4.69, 9.17) is 4.74 Å². The summed E-state index contributed by atoms with van der Waals surface area (Å²) in [6.07, 6.45) is 10.8. The Labute approximate surface area is 129 Å². The third-order valence-corrected chi connectivity index (χ3v) is 5.13. The molecule has 1 aromatic rings. The van der Waals surface area contributed by atoms with Gasteiger partial charge in [-0.25, -0.2) is 0 Å². The van der Waals surface area contributed by atoms with Crippen LogP contribution in [0.5, 0.6) is 5.75 Å². The van der Waals surface area contributed by atoms with Crippen molar-refractivity contribution in [3.05, 3.63) is 29.3 Å². The van der Waals surface area contributed by atoms with Crippen LogP contribution in [0.2, 0.25) is 0 Å². The monoisotopic (exact) mass is 287 g/mol. The molecule has 1 heterocycles. The molecule has 0 bridgehead atoms. The number of fused-ring (bicyclic) bond motifs is 1. The molecule has 0 saturated heterocycles. The lowest BCUT2D eigenvalue weighted by Crippen LogP contribution is -2.29. The maximum absolute atomic E-state index is 5.96. The average Bonchev–Trinajstić information content (AvgIpc) is 2.93. The SMILES string of the molecule is CCNC(c1cccc2c1OCC2)C1CCCCCCC1. The Balaban J connectivity index is 1.84. The lowest BCUT2D eigenvalue weighted by atomic mass is 9.82. The molecule has 2 aliphatic rings. The van der Waals surface area contributed by atoms with Crippen LogP contribution in [0.15, 0.2) is 18.2 Å². The molecule has 1 aliphatic carbocycles. The fourth-order valence-electron chi connectivity index (χ4n) is 4.06. The van der Waals surface area contributed by atoms with Gasteiger partial charge in [-0.15, -0.1) is 0 Å². The van der Waals surface area contributed by atoms with Crippen LogP contribution in [-0.2, 0) is 6.42 Å². The van der Waals surface area contributed by atoms with Crippen LogP contribution in [-0.4, -0.2) is 13.2 Å². The third kappa shape index (κ3) is 3.42. The predicted octanol–water partition coefficient (Wildman–Crippen LogP) is 4.63. The van der Waals surface area contributed by atoms with E-state index >= 15 is 0 Å². The van der Waals surface area contributed by atoms with E-state index in [-0.39, 0.29) is 0 Å². The fraction of sp³-hybridized carbons (Fsp3) is 0.684. The molecular formula is C19H29NO. The molecule has 1 N–H and O–H groups in total. The van der Waals surface area contributed by atoms with Crippen LogP contribution in [0, 0.1) is 5.92 Å². The van der Waals surface area contributed by atoms with Gasteiger partial charge in [0.25, 0.3) is 0 Å². The fourth-order valence-corrected chi connectivity index (χ4v) is 4.06. The first-order chi connectivity index (χ1) is 10.4. The summed E-state index contributed by atoms with van der Waals surface area (Å²) in [5.41, 5.74) is 2.82. The number of hydrogen-bond acceptors (Lipinski definition) is 2. The summed E-state index contributed by atoms with van der Waals surface area (Å²) < 4.78 is 5.96. The number of nitrogens with one attached hydrogen (secondary N) is 1. The van der Waals surface area contributed by atoms with E-state index in [1.165, 1.54) is 61.8 Å². The van der Waals surface area contributed by atoms with Crippen molar-refractivity contribution in [2.75, 3.05) is 13.2 Å². The average molecular weight is 287 g/mol. The number of benzene rings is 1. The minimum Gasteiger partial charge on any atom is -0.493 e. The van der Waals surface area contributed by atoms with E-state index in [0.717, 1.165) is 25.5 Å². The summed E-state index contributed by atoms with van der Waals surface area (Å²) in [5.74, 6) is 1.95. The zero-order valence-corrected chi connectivity index (χ0v) is 13.4. The molecule has 1 unspecified atom stereocenters. The first kappa shape index (κ1) is 14.9. The standard InChI is InChI=1S/C19H29NO/c1-2-20-18(15-9-6-4-3-5-7-10-15)17-12-8-11-16-13-14-21-19(16)17/h8,11-12,15,18,20H,2-7,9-10,13-14H2,1H3. The molecule has 2 heteroatoms. The van der Waals surface area contributed by atoms with Crippen molar-refractivity contribution < 1.29 is 4.74 Å². The minimum absolute atomic E-state index is 0.473. The highest BCUT2D eigenvalue weighted by Gasteiger charge is 2.28. The molecule has 1 aliphatic heterocycles. The molecule has 0 amide bonds. The molecule has 0 spiro atoms. The van der Waals surface area contributed by atoms with Gasteiger partial charge in [0.1, 0.15) is 5.75 Å². The quantitative estimate of drug-likeness (QED) is 0.871. The Morgan fingerprint density at radius 3 is 2.67 bits per heavy atom. The van der Waals surface area contributed by atoms with E-state index in [9.17, 15) is 0 Å². The Hall–Kier alpha value is -1.02. The zero-order chi connectivity index (χ0) is 14.5. The molecule has 116 valence electrons. The van der Waals surface area contributed by atoms with E-state index in [1.807, 2.05) is 0 Å². The third-order valence-electron chi connectivity index (χ3n) is 5.13. The first-order valence-corrected chi connectivity index (χ1v) is 8.88. The molecule has 0 radical (unpaired) electrons. The summed E-state index contributed by atoms with van der Waals surface area (Å²) in [5, 5.41) is 3.77. The first-order valence-electron chi connectivity index (χ1n) is 8.88. The molecule has 1 aromatic carbocycles. The lowest BCUT2D eigenvalue weighted by Gasteiger charge is -2.30. The van der Waals surface area contributed by atoms with Gasteiger partial charge in [0, 0.05) is 18.0 Å². The van der Waals surface area contributed by atoms with Crippen LogP contribution in [0.3, 0.4) is 0 Å². The van der Waals surface area contributed by atoms with Crippen molar-refractivity contribution in [2.24, 2.45) is 5.92 Å². The molecule has 1 saturated carbocycles. The summed E-state index contributed by atoms with van der Waals surface area (Å²) in [7, 11) is 0. The van der Waals surface area contributed by atoms with Gasteiger partial charge in [0.15, 0.2) is 0 Å². The molecule has 0 aromatic heterocycles. The topological polar surface area (TPSA) is 21.3 Å². The molecule has 21 heavy (non-hydrogen) atoms. The van der Waals surface area contributed by atoms with Gasteiger partial charge >= 0.3 is 0 Å². The normalized spacial score (nSPS) is 21.2. The van der Waals surface area contributed by atoms with Crippen molar-refractivity contribution in [1.29, 1.82) is 0 Å². The Morgan fingerprint density at radius 2 is 1.90 bits per heavy atom. The predicted molar refractivity (Wildman–Crippen MR) is 87.9 cm³/mol. The van der Waals surface area contributed by atoms with Crippen molar-refractivity contribution >= 4 is 0 Å². The van der Waals surface area contributed by atoms with Crippen LogP contribution in [0.1, 0.15) is 69.0 Å². The Bertz CT molecular complexity index is 449. The van der Waals surface area contributed by atoms with Crippen molar-refractivity contribution in [2.45, 2.75) is 64.3 Å². The smallest absolute Gasteiger partial charge is 0.127 e. The van der Waals surface area contributed by atoms with Crippen LogP contribution in [0.4, 0.5) is 0 Å². The molecule has 1 atom stereocenters. The highest BCUT2D eigenvalue weighted by molar-refractivity contribution is 5.45. The largest absolute Gasteiger partial charge is 0.493 e. The van der Waals surface area contributed by atoms with Gasteiger partial charge < -0.3 is 10.1 Å². The summed E-state index contributed by atoms with van der Waals surface area (Å²) in [4.78, 5) is 0. The second-order valence-corrected chi connectivity index (χ2v) is 6.57. The van der Waals surface area contributed by atoms with Crippen molar-refractivity contribution in [3.8, 4) is 5.75 Å². The van der Waals surface area contributed by atoms with Gasteiger partial charge in [-0.3, -0.25) is 0 Å². The Kier molecular flexibility index (Phi) is 5.18.